The predicted molar refractivity (Wildman–Crippen MR) is 75.9 cm³/mol. The molecule has 2 rings (SSSR count). The first-order valence-corrected chi connectivity index (χ1v) is 6.38. The van der Waals surface area contributed by atoms with Crippen LogP contribution in [0.1, 0.15) is 24.1 Å². The van der Waals surface area contributed by atoms with E-state index in [1.165, 1.54) is 0 Å². The van der Waals surface area contributed by atoms with E-state index in [0.717, 1.165) is 5.56 Å². The van der Waals surface area contributed by atoms with Crippen LogP contribution in [0.4, 0.5) is 5.69 Å². The molecule has 1 atom stereocenters. The van der Waals surface area contributed by atoms with E-state index in [4.69, 9.17) is 5.26 Å². The highest BCUT2D eigenvalue weighted by atomic mass is 16.2. The van der Waals surface area contributed by atoms with Crippen LogP contribution in [0.2, 0.25) is 0 Å². The zero-order valence-electron chi connectivity index (χ0n) is 11.5. The molecule has 0 aliphatic heterocycles. The molecule has 0 aliphatic carbocycles. The average Bonchev–Trinajstić information content (AvgIpc) is 2.47. The van der Waals surface area contributed by atoms with Crippen molar-refractivity contribution in [3.63, 3.8) is 0 Å². The van der Waals surface area contributed by atoms with E-state index in [1.54, 1.807) is 24.3 Å². The number of anilines is 1. The highest BCUT2D eigenvalue weighted by Gasteiger charge is 2.21. The molecular weight excluding hydrogens is 250 g/mol. The molecule has 0 aliphatic rings. The van der Waals surface area contributed by atoms with Crippen LogP contribution in [-0.4, -0.2) is 5.91 Å². The third-order valence-corrected chi connectivity index (χ3v) is 3.10. The molecule has 0 spiro atoms. The molecule has 0 saturated heterocycles. The third kappa shape index (κ3) is 3.21. The molecule has 2 aromatic rings. The van der Waals surface area contributed by atoms with Gasteiger partial charge < -0.3 is 5.32 Å². The highest BCUT2D eigenvalue weighted by Crippen LogP contribution is 2.11. The smallest absolute Gasteiger partial charge is 0.293 e. The molecule has 0 fully saturated rings. The summed E-state index contributed by atoms with van der Waals surface area (Å²) in [5, 5.41) is 11.7. The Morgan fingerprint density at radius 3 is 2.65 bits per heavy atom. The predicted octanol–water partition coefficient (Wildman–Crippen LogP) is 2.35. The van der Waals surface area contributed by atoms with Crippen LogP contribution < -0.4 is 9.88 Å². The number of benzene rings is 1. The largest absolute Gasteiger partial charge is 0.320 e. The van der Waals surface area contributed by atoms with Crippen LogP contribution in [-0.2, 0) is 4.79 Å². The van der Waals surface area contributed by atoms with Crippen LogP contribution in [0.25, 0.3) is 0 Å². The summed E-state index contributed by atoms with van der Waals surface area (Å²) >= 11 is 0. The van der Waals surface area contributed by atoms with Gasteiger partial charge in [-0.05, 0) is 30.7 Å². The molecule has 20 heavy (non-hydrogen) atoms. The second-order valence-electron chi connectivity index (χ2n) is 4.68. The van der Waals surface area contributed by atoms with Crippen LogP contribution >= 0.6 is 0 Å². The van der Waals surface area contributed by atoms with Gasteiger partial charge in [0.25, 0.3) is 5.91 Å². The van der Waals surface area contributed by atoms with Crippen LogP contribution in [0, 0.1) is 18.3 Å². The number of nitrogens with one attached hydrogen (secondary N) is 1. The quantitative estimate of drug-likeness (QED) is 0.867. The molecule has 0 unspecified atom stereocenters. The van der Waals surface area contributed by atoms with Gasteiger partial charge in [-0.2, -0.15) is 9.83 Å². The SMILES string of the molecule is Cc1cc[n+]([C@H](C)C(=O)Nc2cccc(C#N)c2)cc1. The molecule has 0 saturated carbocycles. The van der Waals surface area contributed by atoms with Crippen LogP contribution in [0.5, 0.6) is 0 Å². The minimum atomic E-state index is -0.318. The first kappa shape index (κ1) is 13.8. The molecule has 1 aromatic carbocycles. The second-order valence-corrected chi connectivity index (χ2v) is 4.68. The Bertz CT molecular complexity index is 656. The maximum Gasteiger partial charge on any atom is 0.293 e. The summed E-state index contributed by atoms with van der Waals surface area (Å²) in [4.78, 5) is 12.2. The van der Waals surface area contributed by atoms with Crippen LogP contribution in [0.3, 0.4) is 0 Å². The Kier molecular flexibility index (Phi) is 4.11. The number of hydrogen-bond donors (Lipinski definition) is 1. The molecule has 1 aromatic heterocycles. The van der Waals surface area contributed by atoms with E-state index in [-0.39, 0.29) is 11.9 Å². The number of amides is 1. The molecule has 4 nitrogen and oxygen atoms in total. The Labute approximate surface area is 118 Å². The fourth-order valence-electron chi connectivity index (χ4n) is 1.82. The summed E-state index contributed by atoms with van der Waals surface area (Å²) in [6.45, 7) is 3.83. The number of nitriles is 1. The molecule has 1 N–H and O–H groups in total. The molecule has 100 valence electrons. The zero-order chi connectivity index (χ0) is 14.5. The van der Waals surface area contributed by atoms with E-state index in [9.17, 15) is 4.79 Å². The fraction of sp³-hybridized carbons (Fsp3) is 0.188. The first-order valence-electron chi connectivity index (χ1n) is 6.38. The van der Waals surface area contributed by atoms with Gasteiger partial charge in [0, 0.05) is 24.7 Å². The van der Waals surface area contributed by atoms with E-state index in [1.807, 2.05) is 42.9 Å². The number of pyridine rings is 1. The number of nitrogens with zero attached hydrogens (tertiary/aromatic N) is 2. The first-order chi connectivity index (χ1) is 9.60. The van der Waals surface area contributed by atoms with Crippen molar-refractivity contribution in [2.45, 2.75) is 19.9 Å². The van der Waals surface area contributed by atoms with Gasteiger partial charge in [-0.1, -0.05) is 6.07 Å². The van der Waals surface area contributed by atoms with Crippen molar-refractivity contribution in [3.8, 4) is 6.07 Å². The maximum atomic E-state index is 12.2. The summed E-state index contributed by atoms with van der Waals surface area (Å²) in [5.41, 5.74) is 2.31. The van der Waals surface area contributed by atoms with E-state index < -0.39 is 0 Å². The monoisotopic (exact) mass is 266 g/mol. The van der Waals surface area contributed by atoms with Crippen molar-refractivity contribution >= 4 is 11.6 Å². The van der Waals surface area contributed by atoms with E-state index in [2.05, 4.69) is 11.4 Å². The fourth-order valence-corrected chi connectivity index (χ4v) is 1.82. The number of aromatic nitrogens is 1. The summed E-state index contributed by atoms with van der Waals surface area (Å²) in [6.07, 6.45) is 3.76. The molecular formula is C16H16N3O+. The van der Waals surface area contributed by atoms with Crippen molar-refractivity contribution in [3.05, 3.63) is 59.9 Å². The summed E-state index contributed by atoms with van der Waals surface area (Å²) in [6, 6.07) is 12.5. The topological polar surface area (TPSA) is 56.8 Å². The summed E-state index contributed by atoms with van der Waals surface area (Å²) in [5.74, 6) is -0.117. The van der Waals surface area contributed by atoms with Crippen molar-refractivity contribution < 1.29 is 9.36 Å². The lowest BCUT2D eigenvalue weighted by Gasteiger charge is -2.09. The maximum absolute atomic E-state index is 12.2. The molecule has 1 heterocycles. The summed E-state index contributed by atoms with van der Waals surface area (Å²) < 4.78 is 1.84. The Morgan fingerprint density at radius 2 is 2.00 bits per heavy atom. The molecule has 1 amide bonds. The summed E-state index contributed by atoms with van der Waals surface area (Å²) in [7, 11) is 0. The Hall–Kier alpha value is -2.67. The second kappa shape index (κ2) is 5.98. The van der Waals surface area contributed by atoms with Crippen molar-refractivity contribution in [1.29, 1.82) is 5.26 Å². The third-order valence-electron chi connectivity index (χ3n) is 3.10. The van der Waals surface area contributed by atoms with E-state index in [0.29, 0.717) is 11.3 Å². The Morgan fingerprint density at radius 1 is 1.30 bits per heavy atom. The van der Waals surface area contributed by atoms with Gasteiger partial charge in [0.1, 0.15) is 0 Å². The zero-order valence-corrected chi connectivity index (χ0v) is 11.5. The van der Waals surface area contributed by atoms with Crippen molar-refractivity contribution in [1.82, 2.24) is 0 Å². The number of carbonyl (C=O) groups is 1. The molecule has 4 heteroatoms. The normalized spacial score (nSPS) is 11.4. The average molecular weight is 266 g/mol. The van der Waals surface area contributed by atoms with Crippen molar-refractivity contribution in [2.75, 3.05) is 5.32 Å². The number of hydrogen-bond acceptors (Lipinski definition) is 2. The van der Waals surface area contributed by atoms with Gasteiger partial charge in [0.05, 0.1) is 11.6 Å². The van der Waals surface area contributed by atoms with Gasteiger partial charge in [0.2, 0.25) is 6.04 Å². The van der Waals surface area contributed by atoms with Gasteiger partial charge in [-0.25, -0.2) is 0 Å². The standard InChI is InChI=1S/C16H15N3O/c1-12-6-8-19(9-7-12)13(2)16(20)18-15-5-3-4-14(10-15)11-17/h3-10,13H,1-2H3/p+1/t13-/m1/s1. The van der Waals surface area contributed by atoms with E-state index >= 15 is 0 Å². The number of rotatable bonds is 3. The molecule has 0 bridgehead atoms. The highest BCUT2D eigenvalue weighted by molar-refractivity contribution is 5.92. The minimum Gasteiger partial charge on any atom is -0.320 e. The van der Waals surface area contributed by atoms with Gasteiger partial charge in [-0.15, -0.1) is 0 Å². The van der Waals surface area contributed by atoms with Gasteiger partial charge >= 0.3 is 0 Å². The minimum absolute atomic E-state index is 0.117. The van der Waals surface area contributed by atoms with Crippen molar-refractivity contribution in [2.24, 2.45) is 0 Å². The lowest BCUT2D eigenvalue weighted by Crippen LogP contribution is -2.43. The number of carbonyl (C=O) groups excluding carboxylic acids is 1. The lowest BCUT2D eigenvalue weighted by molar-refractivity contribution is -0.705. The van der Waals surface area contributed by atoms with Gasteiger partial charge in [-0.3, -0.25) is 4.79 Å². The van der Waals surface area contributed by atoms with Crippen LogP contribution in [0.15, 0.2) is 48.8 Å². The molecule has 0 radical (unpaired) electrons. The number of aryl methyl sites for hydroxylation is 1. The Balaban J connectivity index is 2.11. The lowest BCUT2D eigenvalue weighted by atomic mass is 10.2. The van der Waals surface area contributed by atoms with Gasteiger partial charge in [0.15, 0.2) is 12.4 Å².